The standard InChI is InChI=1S/C11H13N5S/c1-2-16-8-6-4-3-5-7(8)9(10(16)17)14-15-11(12)13/h3-6,17H,2H2,1H3,(H3,12,13). The van der Waals surface area contributed by atoms with E-state index in [0.29, 0.717) is 5.69 Å². The molecule has 6 heteroatoms. The van der Waals surface area contributed by atoms with Crippen molar-refractivity contribution in [2.24, 2.45) is 16.0 Å². The predicted octanol–water partition coefficient (Wildman–Crippen LogP) is 2.93. The first-order chi connectivity index (χ1) is 8.15. The lowest BCUT2D eigenvalue weighted by Crippen LogP contribution is -2.03. The van der Waals surface area contributed by atoms with Gasteiger partial charge in [0.15, 0.2) is 0 Å². The average Bonchev–Trinajstić information content (AvgIpc) is 2.58. The number of benzene rings is 1. The minimum absolute atomic E-state index is 0.314. The number of aryl methyl sites for hydroxylation is 1. The highest BCUT2D eigenvalue weighted by Gasteiger charge is 2.12. The van der Waals surface area contributed by atoms with Crippen LogP contribution < -0.4 is 5.73 Å². The summed E-state index contributed by atoms with van der Waals surface area (Å²) >= 11 is 4.45. The van der Waals surface area contributed by atoms with Crippen LogP contribution in [0.1, 0.15) is 6.92 Å². The first-order valence-corrected chi connectivity index (χ1v) is 5.65. The Bertz CT molecular complexity index is 599. The lowest BCUT2D eigenvalue weighted by atomic mass is 10.2. The molecule has 0 unspecified atom stereocenters. The minimum atomic E-state index is -0.314. The van der Waals surface area contributed by atoms with E-state index in [2.05, 4.69) is 22.9 Å². The maximum Gasteiger partial charge on any atom is 0.232 e. The number of thiol groups is 1. The van der Waals surface area contributed by atoms with Crippen LogP contribution in [0, 0.1) is 5.41 Å². The lowest BCUT2D eigenvalue weighted by Gasteiger charge is -2.01. The molecule has 1 aromatic carbocycles. The maximum absolute atomic E-state index is 7.06. The third-order valence-corrected chi connectivity index (χ3v) is 2.94. The third kappa shape index (κ3) is 2.03. The molecular weight excluding hydrogens is 234 g/mol. The molecule has 0 saturated heterocycles. The minimum Gasteiger partial charge on any atom is -0.367 e. The molecular formula is C11H13N5S. The molecule has 0 radical (unpaired) electrons. The van der Waals surface area contributed by atoms with E-state index in [1.165, 1.54) is 0 Å². The highest BCUT2D eigenvalue weighted by atomic mass is 32.1. The van der Waals surface area contributed by atoms with E-state index in [1.54, 1.807) is 0 Å². The van der Waals surface area contributed by atoms with Gasteiger partial charge in [0.1, 0.15) is 10.7 Å². The fraction of sp³-hybridized carbons (Fsp3) is 0.182. The molecule has 3 N–H and O–H groups in total. The van der Waals surface area contributed by atoms with Gasteiger partial charge in [-0.2, -0.15) is 0 Å². The van der Waals surface area contributed by atoms with Gasteiger partial charge in [0.25, 0.3) is 0 Å². The number of guanidine groups is 1. The summed E-state index contributed by atoms with van der Waals surface area (Å²) < 4.78 is 2.03. The summed E-state index contributed by atoms with van der Waals surface area (Å²) in [5, 5.41) is 16.3. The Hall–Kier alpha value is -1.82. The zero-order chi connectivity index (χ0) is 12.4. The van der Waals surface area contributed by atoms with Gasteiger partial charge in [-0.3, -0.25) is 5.41 Å². The van der Waals surface area contributed by atoms with Gasteiger partial charge < -0.3 is 10.3 Å². The van der Waals surface area contributed by atoms with Crippen molar-refractivity contribution >= 4 is 35.2 Å². The Labute approximate surface area is 104 Å². The number of hydrogen-bond acceptors (Lipinski definition) is 3. The number of aromatic nitrogens is 1. The second kappa shape index (κ2) is 4.58. The van der Waals surface area contributed by atoms with Crippen LogP contribution in [-0.4, -0.2) is 10.5 Å². The Kier molecular flexibility index (Phi) is 3.14. The summed E-state index contributed by atoms with van der Waals surface area (Å²) in [4.78, 5) is 0. The lowest BCUT2D eigenvalue weighted by molar-refractivity contribution is 0.731. The van der Waals surface area contributed by atoms with Crippen LogP contribution in [0.3, 0.4) is 0 Å². The summed E-state index contributed by atoms with van der Waals surface area (Å²) in [7, 11) is 0. The fourth-order valence-corrected chi connectivity index (χ4v) is 2.21. The molecule has 0 aliphatic carbocycles. The van der Waals surface area contributed by atoms with Gasteiger partial charge in [0, 0.05) is 11.9 Å². The molecule has 88 valence electrons. The van der Waals surface area contributed by atoms with Crippen LogP contribution in [0.5, 0.6) is 0 Å². The van der Waals surface area contributed by atoms with Crippen molar-refractivity contribution in [2.75, 3.05) is 0 Å². The second-order valence-corrected chi connectivity index (χ2v) is 3.94. The van der Waals surface area contributed by atoms with Crippen molar-refractivity contribution in [3.8, 4) is 0 Å². The number of nitrogens with two attached hydrogens (primary N) is 1. The second-order valence-electron chi connectivity index (χ2n) is 3.52. The van der Waals surface area contributed by atoms with Crippen molar-refractivity contribution in [2.45, 2.75) is 18.5 Å². The van der Waals surface area contributed by atoms with Crippen LogP contribution in [0.25, 0.3) is 10.9 Å². The fourth-order valence-electron chi connectivity index (χ4n) is 1.79. The monoisotopic (exact) mass is 247 g/mol. The van der Waals surface area contributed by atoms with Gasteiger partial charge >= 0.3 is 0 Å². The van der Waals surface area contributed by atoms with Gasteiger partial charge in [-0.15, -0.1) is 22.9 Å². The van der Waals surface area contributed by atoms with Crippen molar-refractivity contribution in [3.63, 3.8) is 0 Å². The highest BCUT2D eigenvalue weighted by Crippen LogP contribution is 2.35. The molecule has 17 heavy (non-hydrogen) atoms. The molecule has 0 atom stereocenters. The van der Waals surface area contributed by atoms with E-state index in [9.17, 15) is 0 Å². The molecule has 1 aromatic heterocycles. The quantitative estimate of drug-likeness (QED) is 0.324. The van der Waals surface area contributed by atoms with Gasteiger partial charge in [-0.25, -0.2) is 0 Å². The predicted molar refractivity (Wildman–Crippen MR) is 71.3 cm³/mol. The Morgan fingerprint density at radius 2 is 2.18 bits per heavy atom. The third-order valence-electron chi connectivity index (χ3n) is 2.49. The normalized spacial score (nSPS) is 11.4. The summed E-state index contributed by atoms with van der Waals surface area (Å²) in [6, 6.07) is 7.86. The van der Waals surface area contributed by atoms with Crippen LogP contribution >= 0.6 is 12.6 Å². The van der Waals surface area contributed by atoms with Crippen LogP contribution in [0.15, 0.2) is 39.5 Å². The van der Waals surface area contributed by atoms with Gasteiger partial charge in [-0.05, 0) is 13.0 Å². The molecule has 1 heterocycles. The summed E-state index contributed by atoms with van der Waals surface area (Å²) in [5.74, 6) is -0.314. The molecule has 2 aromatic rings. The van der Waals surface area contributed by atoms with E-state index in [0.717, 1.165) is 22.5 Å². The molecule has 2 rings (SSSR count). The molecule has 5 nitrogen and oxygen atoms in total. The zero-order valence-corrected chi connectivity index (χ0v) is 10.3. The number of fused-ring (bicyclic) bond motifs is 1. The van der Waals surface area contributed by atoms with Crippen LogP contribution in [0.4, 0.5) is 5.69 Å². The number of nitrogens with one attached hydrogen (secondary N) is 1. The van der Waals surface area contributed by atoms with Crippen LogP contribution in [-0.2, 0) is 6.54 Å². The molecule has 0 aliphatic rings. The van der Waals surface area contributed by atoms with E-state index >= 15 is 0 Å². The average molecular weight is 247 g/mol. The van der Waals surface area contributed by atoms with Gasteiger partial charge in [0.05, 0.1) is 5.52 Å². The number of rotatable bonds is 2. The zero-order valence-electron chi connectivity index (χ0n) is 9.38. The Morgan fingerprint density at radius 1 is 1.47 bits per heavy atom. The van der Waals surface area contributed by atoms with Crippen molar-refractivity contribution in [1.82, 2.24) is 4.57 Å². The Morgan fingerprint density at radius 3 is 2.82 bits per heavy atom. The smallest absolute Gasteiger partial charge is 0.232 e. The topological polar surface area (TPSA) is 79.5 Å². The molecule has 0 spiro atoms. The molecule has 0 fully saturated rings. The molecule has 0 saturated carbocycles. The van der Waals surface area contributed by atoms with Gasteiger partial charge in [0.2, 0.25) is 5.96 Å². The van der Waals surface area contributed by atoms with Crippen molar-refractivity contribution in [3.05, 3.63) is 24.3 Å². The number of para-hydroxylation sites is 1. The molecule has 0 amide bonds. The summed E-state index contributed by atoms with van der Waals surface area (Å²) in [6.45, 7) is 2.84. The summed E-state index contributed by atoms with van der Waals surface area (Å²) in [6.07, 6.45) is 0. The largest absolute Gasteiger partial charge is 0.367 e. The maximum atomic E-state index is 7.06. The van der Waals surface area contributed by atoms with Crippen molar-refractivity contribution in [1.29, 1.82) is 5.41 Å². The first-order valence-electron chi connectivity index (χ1n) is 5.21. The van der Waals surface area contributed by atoms with Gasteiger partial charge in [-0.1, -0.05) is 18.2 Å². The molecule has 0 bridgehead atoms. The van der Waals surface area contributed by atoms with Crippen molar-refractivity contribution < 1.29 is 0 Å². The SMILES string of the molecule is CCn1c(S)c(N=NC(=N)N)c2ccccc21. The highest BCUT2D eigenvalue weighted by molar-refractivity contribution is 7.80. The molecule has 0 aliphatic heterocycles. The first kappa shape index (κ1) is 11.7. The number of azo groups is 1. The number of nitrogens with zero attached hydrogens (tertiary/aromatic N) is 3. The van der Waals surface area contributed by atoms with E-state index in [-0.39, 0.29) is 5.96 Å². The van der Waals surface area contributed by atoms with E-state index in [1.807, 2.05) is 35.8 Å². The number of hydrogen-bond donors (Lipinski definition) is 3. The van der Waals surface area contributed by atoms with Crippen LogP contribution in [0.2, 0.25) is 0 Å². The summed E-state index contributed by atoms with van der Waals surface area (Å²) in [5.41, 5.74) is 6.87. The Balaban J connectivity index is 2.70. The van der Waals surface area contributed by atoms with E-state index < -0.39 is 0 Å². The van der Waals surface area contributed by atoms with E-state index in [4.69, 9.17) is 11.1 Å².